The average molecular weight is 319 g/mol. The molecule has 1 aromatic rings. The fourth-order valence-electron chi connectivity index (χ4n) is 2.47. The van der Waals surface area contributed by atoms with Gasteiger partial charge in [0.2, 0.25) is 0 Å². The SMILES string of the molecule is CCOC(=O)C1CCCN(C(=O)C(=O)Nc2ccc(C)cn2)C1. The molecule has 2 rings (SSSR count). The fourth-order valence-corrected chi connectivity index (χ4v) is 2.47. The monoisotopic (exact) mass is 319 g/mol. The summed E-state index contributed by atoms with van der Waals surface area (Å²) in [7, 11) is 0. The Bertz CT molecular complexity index is 585. The maximum absolute atomic E-state index is 12.2. The predicted octanol–water partition coefficient (Wildman–Crippen LogP) is 1.13. The number of nitrogens with one attached hydrogen (secondary N) is 1. The summed E-state index contributed by atoms with van der Waals surface area (Å²) in [4.78, 5) is 41.5. The van der Waals surface area contributed by atoms with Gasteiger partial charge >= 0.3 is 17.8 Å². The van der Waals surface area contributed by atoms with Gasteiger partial charge in [-0.1, -0.05) is 6.07 Å². The summed E-state index contributed by atoms with van der Waals surface area (Å²) in [6, 6.07) is 3.43. The lowest BCUT2D eigenvalue weighted by Gasteiger charge is -2.30. The van der Waals surface area contributed by atoms with Crippen LogP contribution in [0.2, 0.25) is 0 Å². The van der Waals surface area contributed by atoms with Crippen LogP contribution in [0.15, 0.2) is 18.3 Å². The number of hydrogen-bond acceptors (Lipinski definition) is 5. The van der Waals surface area contributed by atoms with Gasteiger partial charge in [0.25, 0.3) is 0 Å². The predicted molar refractivity (Wildman–Crippen MR) is 83.5 cm³/mol. The summed E-state index contributed by atoms with van der Waals surface area (Å²) in [6.45, 7) is 4.61. The van der Waals surface area contributed by atoms with Gasteiger partial charge in [-0.25, -0.2) is 4.98 Å². The maximum Gasteiger partial charge on any atom is 0.315 e. The van der Waals surface area contributed by atoms with Gasteiger partial charge in [-0.3, -0.25) is 14.4 Å². The number of nitrogens with zero attached hydrogens (tertiary/aromatic N) is 2. The Morgan fingerprint density at radius 3 is 2.83 bits per heavy atom. The van der Waals surface area contributed by atoms with Crippen LogP contribution < -0.4 is 5.32 Å². The smallest absolute Gasteiger partial charge is 0.315 e. The Balaban J connectivity index is 1.94. The van der Waals surface area contributed by atoms with Gasteiger partial charge in [0.05, 0.1) is 12.5 Å². The first-order valence-electron chi connectivity index (χ1n) is 7.70. The molecule has 0 saturated carbocycles. The lowest BCUT2D eigenvalue weighted by molar-refractivity contribution is -0.153. The molecule has 1 fully saturated rings. The van der Waals surface area contributed by atoms with Gasteiger partial charge in [-0.05, 0) is 38.3 Å². The lowest BCUT2D eigenvalue weighted by Crippen LogP contribution is -2.47. The average Bonchev–Trinajstić information content (AvgIpc) is 2.56. The molecule has 1 aliphatic rings. The Kier molecular flexibility index (Phi) is 5.67. The van der Waals surface area contributed by atoms with Crippen molar-refractivity contribution in [3.8, 4) is 0 Å². The zero-order chi connectivity index (χ0) is 16.8. The number of amides is 2. The van der Waals surface area contributed by atoms with Crippen LogP contribution in [0.5, 0.6) is 0 Å². The molecule has 2 heterocycles. The highest BCUT2D eigenvalue weighted by Crippen LogP contribution is 2.18. The second-order valence-electron chi connectivity index (χ2n) is 5.52. The number of aromatic nitrogens is 1. The molecule has 1 unspecified atom stereocenters. The van der Waals surface area contributed by atoms with E-state index in [0.29, 0.717) is 31.8 Å². The maximum atomic E-state index is 12.2. The van der Waals surface area contributed by atoms with E-state index < -0.39 is 11.8 Å². The van der Waals surface area contributed by atoms with E-state index in [1.807, 2.05) is 6.92 Å². The van der Waals surface area contributed by atoms with Crippen LogP contribution in [-0.2, 0) is 19.1 Å². The van der Waals surface area contributed by atoms with Crippen LogP contribution in [0.4, 0.5) is 5.82 Å². The number of piperidine rings is 1. The second kappa shape index (κ2) is 7.71. The molecule has 0 bridgehead atoms. The van der Waals surface area contributed by atoms with Crippen molar-refractivity contribution in [2.24, 2.45) is 5.92 Å². The molecule has 124 valence electrons. The van der Waals surface area contributed by atoms with E-state index in [4.69, 9.17) is 4.74 Å². The van der Waals surface area contributed by atoms with Gasteiger partial charge in [0, 0.05) is 19.3 Å². The highest BCUT2D eigenvalue weighted by molar-refractivity contribution is 6.39. The molecule has 0 spiro atoms. The Morgan fingerprint density at radius 2 is 2.17 bits per heavy atom. The highest BCUT2D eigenvalue weighted by Gasteiger charge is 2.32. The van der Waals surface area contributed by atoms with E-state index in [1.165, 1.54) is 4.90 Å². The van der Waals surface area contributed by atoms with Crippen molar-refractivity contribution in [2.75, 3.05) is 25.0 Å². The number of carbonyl (C=O) groups is 3. The first-order valence-corrected chi connectivity index (χ1v) is 7.70. The Morgan fingerprint density at radius 1 is 1.39 bits per heavy atom. The van der Waals surface area contributed by atoms with E-state index in [9.17, 15) is 14.4 Å². The summed E-state index contributed by atoms with van der Waals surface area (Å²) in [5, 5.41) is 2.48. The molecule has 0 aromatic carbocycles. The van der Waals surface area contributed by atoms with Crippen molar-refractivity contribution in [2.45, 2.75) is 26.7 Å². The van der Waals surface area contributed by atoms with Crippen molar-refractivity contribution in [1.29, 1.82) is 0 Å². The Labute approximate surface area is 135 Å². The zero-order valence-electron chi connectivity index (χ0n) is 13.4. The van der Waals surface area contributed by atoms with E-state index in [1.54, 1.807) is 25.3 Å². The number of esters is 1. The highest BCUT2D eigenvalue weighted by atomic mass is 16.5. The van der Waals surface area contributed by atoms with Crippen molar-refractivity contribution >= 4 is 23.6 Å². The number of rotatable bonds is 3. The molecule has 1 aromatic heterocycles. The van der Waals surface area contributed by atoms with E-state index >= 15 is 0 Å². The lowest BCUT2D eigenvalue weighted by atomic mass is 9.98. The molecule has 0 radical (unpaired) electrons. The molecule has 1 N–H and O–H groups in total. The number of anilines is 1. The summed E-state index contributed by atoms with van der Waals surface area (Å²) in [5.74, 6) is -1.75. The van der Waals surface area contributed by atoms with Crippen LogP contribution in [0.3, 0.4) is 0 Å². The van der Waals surface area contributed by atoms with Gasteiger partial charge in [0.15, 0.2) is 0 Å². The Hall–Kier alpha value is -2.44. The zero-order valence-corrected chi connectivity index (χ0v) is 13.4. The number of ether oxygens (including phenoxy) is 1. The topological polar surface area (TPSA) is 88.6 Å². The third kappa shape index (κ3) is 4.51. The molecular formula is C16H21N3O4. The summed E-state index contributed by atoms with van der Waals surface area (Å²) >= 11 is 0. The molecular weight excluding hydrogens is 298 g/mol. The fraction of sp³-hybridized carbons (Fsp3) is 0.500. The second-order valence-corrected chi connectivity index (χ2v) is 5.52. The number of pyridine rings is 1. The van der Waals surface area contributed by atoms with Gasteiger partial charge in [-0.15, -0.1) is 0 Å². The van der Waals surface area contributed by atoms with E-state index in [2.05, 4.69) is 10.3 Å². The van der Waals surface area contributed by atoms with Gasteiger partial charge < -0.3 is 15.0 Å². The van der Waals surface area contributed by atoms with Crippen molar-refractivity contribution < 1.29 is 19.1 Å². The first kappa shape index (κ1) is 16.9. The molecule has 7 heteroatoms. The van der Waals surface area contributed by atoms with Gasteiger partial charge in [-0.2, -0.15) is 0 Å². The largest absolute Gasteiger partial charge is 0.466 e. The van der Waals surface area contributed by atoms with Crippen molar-refractivity contribution in [3.05, 3.63) is 23.9 Å². The van der Waals surface area contributed by atoms with Gasteiger partial charge in [0.1, 0.15) is 5.82 Å². The third-order valence-electron chi connectivity index (χ3n) is 3.68. The molecule has 7 nitrogen and oxygen atoms in total. The molecule has 23 heavy (non-hydrogen) atoms. The quantitative estimate of drug-likeness (QED) is 0.666. The minimum Gasteiger partial charge on any atom is -0.466 e. The van der Waals surface area contributed by atoms with Crippen LogP contribution >= 0.6 is 0 Å². The molecule has 2 amide bonds. The molecule has 1 saturated heterocycles. The number of likely N-dealkylation sites (tertiary alicyclic amines) is 1. The summed E-state index contributed by atoms with van der Waals surface area (Å²) in [5.41, 5.74) is 0.961. The third-order valence-corrected chi connectivity index (χ3v) is 3.68. The van der Waals surface area contributed by atoms with Crippen LogP contribution in [0.1, 0.15) is 25.3 Å². The molecule has 0 aliphatic carbocycles. The number of aryl methyl sites for hydroxylation is 1. The normalized spacial score (nSPS) is 17.5. The summed E-state index contributed by atoms with van der Waals surface area (Å²) in [6.07, 6.45) is 2.95. The number of carbonyl (C=O) groups excluding carboxylic acids is 3. The van der Waals surface area contributed by atoms with Crippen LogP contribution in [0.25, 0.3) is 0 Å². The van der Waals surface area contributed by atoms with Crippen LogP contribution in [-0.4, -0.2) is 47.4 Å². The minimum atomic E-state index is -0.745. The van der Waals surface area contributed by atoms with E-state index in [-0.39, 0.29) is 18.4 Å². The minimum absolute atomic E-state index is 0.215. The van der Waals surface area contributed by atoms with E-state index in [0.717, 1.165) is 5.56 Å². The van der Waals surface area contributed by atoms with Crippen molar-refractivity contribution in [3.63, 3.8) is 0 Å². The number of hydrogen-bond donors (Lipinski definition) is 1. The van der Waals surface area contributed by atoms with Crippen molar-refractivity contribution in [1.82, 2.24) is 9.88 Å². The molecule has 1 aliphatic heterocycles. The first-order chi connectivity index (χ1) is 11.0. The molecule has 1 atom stereocenters. The van der Waals surface area contributed by atoms with Crippen LogP contribution in [0, 0.1) is 12.8 Å². The summed E-state index contributed by atoms with van der Waals surface area (Å²) < 4.78 is 4.99. The standard InChI is InChI=1S/C16H21N3O4/c1-3-23-16(22)12-5-4-8-19(10-12)15(21)14(20)18-13-7-6-11(2)9-17-13/h6-7,9,12H,3-5,8,10H2,1-2H3,(H,17,18,20).